The zero-order chi connectivity index (χ0) is 24.2. The Labute approximate surface area is 205 Å². The van der Waals surface area contributed by atoms with Gasteiger partial charge < -0.3 is 10.2 Å². The van der Waals surface area contributed by atoms with Gasteiger partial charge in [0.1, 0.15) is 5.69 Å². The van der Waals surface area contributed by atoms with Gasteiger partial charge in [-0.2, -0.15) is 5.10 Å². The number of carbonyl (C=O) groups excluding carboxylic acids is 1. The Hall–Kier alpha value is -4.37. The number of amides is 1. The molecule has 1 heterocycles. The molecule has 6 heteroatoms. The second-order valence-corrected chi connectivity index (χ2v) is 8.94. The highest BCUT2D eigenvalue weighted by atomic mass is 16.2. The van der Waals surface area contributed by atoms with E-state index in [1.165, 1.54) is 12.8 Å². The molecule has 0 saturated heterocycles. The smallest absolute Gasteiger partial charge is 0.274 e. The average molecular weight is 462 g/mol. The van der Waals surface area contributed by atoms with Gasteiger partial charge in [-0.05, 0) is 67.8 Å². The number of rotatable bonds is 8. The monoisotopic (exact) mass is 461 g/mol. The Morgan fingerprint density at radius 2 is 1.80 bits per heavy atom. The fourth-order valence-electron chi connectivity index (χ4n) is 4.23. The van der Waals surface area contributed by atoms with Gasteiger partial charge in [0.15, 0.2) is 5.69 Å². The van der Waals surface area contributed by atoms with Gasteiger partial charge in [0.2, 0.25) is 0 Å². The van der Waals surface area contributed by atoms with Crippen LogP contribution in [0.1, 0.15) is 35.4 Å². The van der Waals surface area contributed by atoms with Crippen molar-refractivity contribution in [3.8, 4) is 5.69 Å². The minimum absolute atomic E-state index is 0.250. The lowest BCUT2D eigenvalue weighted by Crippen LogP contribution is -2.20. The number of aromatic nitrogens is 2. The highest BCUT2D eigenvalue weighted by Gasteiger charge is 2.23. The molecular weight excluding hydrogens is 434 g/mol. The fourth-order valence-corrected chi connectivity index (χ4v) is 4.23. The maximum absolute atomic E-state index is 13.3. The van der Waals surface area contributed by atoms with E-state index < -0.39 is 0 Å². The van der Waals surface area contributed by atoms with Gasteiger partial charge in [-0.25, -0.2) is 9.53 Å². The van der Waals surface area contributed by atoms with Crippen molar-refractivity contribution >= 4 is 28.7 Å². The largest absolute Gasteiger partial charge is 0.341 e. The fraction of sp³-hybridized carbons (Fsp3) is 0.207. The number of aryl methyl sites for hydroxylation is 1. The number of anilines is 3. The lowest BCUT2D eigenvalue weighted by Gasteiger charge is -2.25. The van der Waals surface area contributed by atoms with Crippen LogP contribution in [0.5, 0.6) is 0 Å². The third-order valence-corrected chi connectivity index (χ3v) is 6.21. The number of hydrogen-bond acceptors (Lipinski definition) is 3. The number of nitrogens with zero attached hydrogens (tertiary/aromatic N) is 4. The minimum atomic E-state index is -0.250. The first-order chi connectivity index (χ1) is 17.1. The number of nitrogens with one attached hydrogen (secondary N) is 1. The highest BCUT2D eigenvalue weighted by Crippen LogP contribution is 2.35. The van der Waals surface area contributed by atoms with E-state index in [2.05, 4.69) is 50.5 Å². The molecule has 0 atom stereocenters. The van der Waals surface area contributed by atoms with Gasteiger partial charge in [-0.1, -0.05) is 49.2 Å². The maximum Gasteiger partial charge on any atom is 0.274 e. The van der Waals surface area contributed by atoms with Crippen molar-refractivity contribution in [1.29, 1.82) is 0 Å². The van der Waals surface area contributed by atoms with E-state index in [-0.39, 0.29) is 5.91 Å². The van der Waals surface area contributed by atoms with Crippen molar-refractivity contribution in [1.82, 2.24) is 9.78 Å². The molecule has 5 rings (SSSR count). The van der Waals surface area contributed by atoms with Crippen LogP contribution in [0.2, 0.25) is 0 Å². The molecule has 4 aromatic rings. The quantitative estimate of drug-likeness (QED) is 0.290. The molecule has 0 unspecified atom stereocenters. The van der Waals surface area contributed by atoms with Gasteiger partial charge in [-0.3, -0.25) is 4.79 Å². The Morgan fingerprint density at radius 1 is 1.03 bits per heavy atom. The molecule has 0 spiro atoms. The summed E-state index contributed by atoms with van der Waals surface area (Å²) in [6, 6.07) is 27.2. The van der Waals surface area contributed by atoms with E-state index in [1.54, 1.807) is 28.9 Å². The molecule has 0 radical (unpaired) electrons. The maximum atomic E-state index is 13.3. The van der Waals surface area contributed by atoms with Crippen LogP contribution in [0.3, 0.4) is 0 Å². The van der Waals surface area contributed by atoms with Gasteiger partial charge in [-0.15, -0.1) is 0 Å². The average Bonchev–Trinajstić information content (AvgIpc) is 3.63. The number of hydrogen-bond donors (Lipinski definition) is 1. The third-order valence-electron chi connectivity index (χ3n) is 6.21. The van der Waals surface area contributed by atoms with Crippen LogP contribution < -0.4 is 10.2 Å². The number of benzene rings is 3. The van der Waals surface area contributed by atoms with Crippen molar-refractivity contribution in [2.24, 2.45) is 5.92 Å². The van der Waals surface area contributed by atoms with Crippen molar-refractivity contribution in [2.45, 2.75) is 26.2 Å². The molecule has 0 aliphatic heterocycles. The Morgan fingerprint density at radius 3 is 2.57 bits per heavy atom. The summed E-state index contributed by atoms with van der Waals surface area (Å²) in [5.74, 6) is 0.578. The van der Waals surface area contributed by atoms with Gasteiger partial charge in [0, 0.05) is 23.6 Å². The van der Waals surface area contributed by atoms with E-state index in [9.17, 15) is 4.79 Å². The van der Waals surface area contributed by atoms with Crippen molar-refractivity contribution < 1.29 is 4.79 Å². The molecule has 6 nitrogen and oxygen atoms in total. The lowest BCUT2D eigenvalue weighted by molar-refractivity contribution is 0.101. The molecule has 174 valence electrons. The molecular formula is C29H27N5O. The van der Waals surface area contributed by atoms with Crippen molar-refractivity contribution in [2.75, 3.05) is 16.8 Å². The SMILES string of the molecule is [C-]#[N+]c1cccc(-n2nc(C)cc2C(=O)Nc2cccc(N(CCC3CC3)c3ccccc3)c2)c1. The van der Waals surface area contributed by atoms with E-state index >= 15 is 0 Å². The normalized spacial score (nSPS) is 12.7. The molecule has 0 bridgehead atoms. The molecule has 3 aromatic carbocycles. The molecule has 1 amide bonds. The predicted molar refractivity (Wildman–Crippen MR) is 140 cm³/mol. The van der Waals surface area contributed by atoms with E-state index in [4.69, 9.17) is 6.57 Å². The van der Waals surface area contributed by atoms with E-state index in [1.807, 2.05) is 37.3 Å². The molecule has 1 saturated carbocycles. The number of para-hydroxylation sites is 1. The van der Waals surface area contributed by atoms with Crippen LogP contribution in [0, 0.1) is 19.4 Å². The molecule has 1 aromatic heterocycles. The Balaban J connectivity index is 1.40. The molecule has 1 aliphatic rings. The summed E-state index contributed by atoms with van der Waals surface area (Å²) in [7, 11) is 0. The van der Waals surface area contributed by atoms with Gasteiger partial charge in [0.25, 0.3) is 5.91 Å². The highest BCUT2D eigenvalue weighted by molar-refractivity contribution is 6.03. The third kappa shape index (κ3) is 5.25. The first-order valence-electron chi connectivity index (χ1n) is 11.9. The summed E-state index contributed by atoms with van der Waals surface area (Å²) >= 11 is 0. The van der Waals surface area contributed by atoms with Crippen LogP contribution in [0.25, 0.3) is 10.5 Å². The lowest BCUT2D eigenvalue weighted by atomic mass is 10.2. The van der Waals surface area contributed by atoms with Crippen LogP contribution >= 0.6 is 0 Å². The second kappa shape index (κ2) is 9.86. The summed E-state index contributed by atoms with van der Waals surface area (Å²) in [6.07, 6.45) is 3.81. The molecule has 1 aliphatic carbocycles. The summed E-state index contributed by atoms with van der Waals surface area (Å²) < 4.78 is 1.59. The van der Waals surface area contributed by atoms with Crippen molar-refractivity contribution in [3.05, 3.63) is 108 Å². The molecule has 35 heavy (non-hydrogen) atoms. The van der Waals surface area contributed by atoms with Gasteiger partial charge in [0.05, 0.1) is 18.0 Å². The van der Waals surface area contributed by atoms with Gasteiger partial charge >= 0.3 is 0 Å². The Kier molecular flexibility index (Phi) is 6.32. The first kappa shape index (κ1) is 22.4. The van der Waals surface area contributed by atoms with Crippen LogP contribution in [0.15, 0.2) is 84.9 Å². The molecule has 1 N–H and O–H groups in total. The topological polar surface area (TPSA) is 54.5 Å². The van der Waals surface area contributed by atoms with Crippen LogP contribution in [-0.4, -0.2) is 22.2 Å². The zero-order valence-electron chi connectivity index (χ0n) is 19.7. The van der Waals surface area contributed by atoms with Crippen LogP contribution in [-0.2, 0) is 0 Å². The Bertz CT molecular complexity index is 1380. The first-order valence-corrected chi connectivity index (χ1v) is 11.9. The van der Waals surface area contributed by atoms with E-state index in [0.717, 1.165) is 41.6 Å². The standard InChI is InChI=1S/C29H27N5O/c1-21-18-28(34(32-21)27-13-6-8-23(19-27)30-2)29(35)31-24-9-7-12-26(20-24)33(17-16-22-14-15-22)25-10-4-3-5-11-25/h3-13,18-20,22H,14-17H2,1H3,(H,31,35). The second-order valence-electron chi connectivity index (χ2n) is 8.94. The number of carbonyl (C=O) groups is 1. The summed E-state index contributed by atoms with van der Waals surface area (Å²) in [6.45, 7) is 10.1. The summed E-state index contributed by atoms with van der Waals surface area (Å²) in [5.41, 5.74) is 5.24. The van der Waals surface area contributed by atoms with Crippen LogP contribution in [0.4, 0.5) is 22.7 Å². The van der Waals surface area contributed by atoms with Crippen molar-refractivity contribution in [3.63, 3.8) is 0 Å². The summed E-state index contributed by atoms with van der Waals surface area (Å²) in [5, 5.41) is 7.54. The molecule has 1 fully saturated rings. The predicted octanol–water partition coefficient (Wildman–Crippen LogP) is 6.92. The minimum Gasteiger partial charge on any atom is -0.341 e. The zero-order valence-corrected chi connectivity index (χ0v) is 19.7. The summed E-state index contributed by atoms with van der Waals surface area (Å²) in [4.78, 5) is 19.1. The van der Waals surface area contributed by atoms with E-state index in [0.29, 0.717) is 17.1 Å².